The van der Waals surface area contributed by atoms with Crippen molar-refractivity contribution >= 4 is 11.8 Å². The number of benzene rings is 1. The Morgan fingerprint density at radius 1 is 1.04 bits per heavy atom. The van der Waals surface area contributed by atoms with Crippen molar-refractivity contribution in [3.8, 4) is 11.4 Å². The lowest BCUT2D eigenvalue weighted by atomic mass is 10.2. The summed E-state index contributed by atoms with van der Waals surface area (Å²) in [6, 6.07) is 14.3. The van der Waals surface area contributed by atoms with Gasteiger partial charge in [-0.3, -0.25) is 4.98 Å². The molecule has 0 saturated carbocycles. The van der Waals surface area contributed by atoms with E-state index in [0.29, 0.717) is 18.3 Å². The van der Waals surface area contributed by atoms with Crippen LogP contribution >= 0.6 is 0 Å². The van der Waals surface area contributed by atoms with Gasteiger partial charge in [-0.2, -0.15) is 4.98 Å². The highest BCUT2D eigenvalue weighted by molar-refractivity contribution is 5.61. The molecule has 0 amide bonds. The van der Waals surface area contributed by atoms with Crippen LogP contribution in [-0.4, -0.2) is 21.0 Å². The van der Waals surface area contributed by atoms with Gasteiger partial charge in [-0.1, -0.05) is 25.1 Å². The van der Waals surface area contributed by atoms with E-state index in [0.717, 1.165) is 23.4 Å². The standard InChI is InChI=1S/C20H22FN5/c1-3-14(2)24-20-25-18(17-6-4-5-11-22-17)12-19(26-20)23-13-15-7-9-16(21)10-8-15/h4-12,14H,3,13H2,1-2H3,(H2,23,24,25,26)/t14-/m1/s1. The van der Waals surface area contributed by atoms with Gasteiger partial charge in [-0.25, -0.2) is 9.37 Å². The molecule has 0 spiro atoms. The number of halogens is 1. The molecule has 5 nitrogen and oxygen atoms in total. The summed E-state index contributed by atoms with van der Waals surface area (Å²) in [5, 5.41) is 6.59. The molecule has 0 unspecified atom stereocenters. The zero-order chi connectivity index (χ0) is 18.4. The highest BCUT2D eigenvalue weighted by atomic mass is 19.1. The van der Waals surface area contributed by atoms with Crippen LogP contribution in [0.2, 0.25) is 0 Å². The SMILES string of the molecule is CC[C@@H](C)Nc1nc(NCc2ccc(F)cc2)cc(-c2ccccn2)n1. The first-order valence-corrected chi connectivity index (χ1v) is 8.69. The van der Waals surface area contributed by atoms with E-state index in [1.807, 2.05) is 24.3 Å². The minimum Gasteiger partial charge on any atom is -0.366 e. The molecule has 0 saturated heterocycles. The molecule has 0 aliphatic heterocycles. The van der Waals surface area contributed by atoms with Crippen molar-refractivity contribution in [2.45, 2.75) is 32.9 Å². The summed E-state index contributed by atoms with van der Waals surface area (Å²) in [5.74, 6) is 1.01. The van der Waals surface area contributed by atoms with Crippen molar-refractivity contribution in [2.75, 3.05) is 10.6 Å². The fourth-order valence-corrected chi connectivity index (χ4v) is 2.37. The Morgan fingerprint density at radius 2 is 1.85 bits per heavy atom. The molecule has 2 N–H and O–H groups in total. The third kappa shape index (κ3) is 4.75. The molecule has 3 aromatic rings. The van der Waals surface area contributed by atoms with Gasteiger partial charge in [-0.15, -0.1) is 0 Å². The predicted octanol–water partition coefficient (Wildman–Crippen LogP) is 4.50. The summed E-state index contributed by atoms with van der Waals surface area (Å²) >= 11 is 0. The third-order valence-corrected chi connectivity index (χ3v) is 4.03. The molecule has 2 aromatic heterocycles. The second-order valence-corrected chi connectivity index (χ2v) is 6.11. The topological polar surface area (TPSA) is 62.7 Å². The average Bonchev–Trinajstić information content (AvgIpc) is 2.68. The highest BCUT2D eigenvalue weighted by Gasteiger charge is 2.09. The lowest BCUT2D eigenvalue weighted by Crippen LogP contribution is -2.16. The van der Waals surface area contributed by atoms with E-state index in [9.17, 15) is 4.39 Å². The van der Waals surface area contributed by atoms with Crippen molar-refractivity contribution in [3.05, 3.63) is 66.1 Å². The molecule has 1 aromatic carbocycles. The molecule has 0 fully saturated rings. The maximum absolute atomic E-state index is 13.0. The number of nitrogens with zero attached hydrogens (tertiary/aromatic N) is 3. The molecule has 0 aliphatic carbocycles. The molecule has 2 heterocycles. The summed E-state index contributed by atoms with van der Waals surface area (Å²) < 4.78 is 13.0. The summed E-state index contributed by atoms with van der Waals surface area (Å²) in [6.07, 6.45) is 2.71. The molecule has 0 bridgehead atoms. The first-order chi connectivity index (χ1) is 12.6. The number of hydrogen-bond acceptors (Lipinski definition) is 5. The van der Waals surface area contributed by atoms with Crippen LogP contribution in [-0.2, 0) is 6.54 Å². The van der Waals surface area contributed by atoms with Crippen LogP contribution in [0.3, 0.4) is 0 Å². The van der Waals surface area contributed by atoms with Gasteiger partial charge < -0.3 is 10.6 Å². The smallest absolute Gasteiger partial charge is 0.225 e. The van der Waals surface area contributed by atoms with Gasteiger partial charge >= 0.3 is 0 Å². The average molecular weight is 351 g/mol. The Bertz CT molecular complexity index is 837. The van der Waals surface area contributed by atoms with Gasteiger partial charge in [-0.05, 0) is 43.2 Å². The Kier molecular flexibility index (Phi) is 5.73. The number of aromatic nitrogens is 3. The Morgan fingerprint density at radius 3 is 2.54 bits per heavy atom. The first-order valence-electron chi connectivity index (χ1n) is 8.69. The Labute approximate surface area is 152 Å². The highest BCUT2D eigenvalue weighted by Crippen LogP contribution is 2.20. The molecule has 26 heavy (non-hydrogen) atoms. The van der Waals surface area contributed by atoms with Gasteiger partial charge in [0.25, 0.3) is 0 Å². The van der Waals surface area contributed by atoms with Crippen molar-refractivity contribution < 1.29 is 4.39 Å². The Balaban J connectivity index is 1.85. The van der Waals surface area contributed by atoms with Crippen LogP contribution in [0.25, 0.3) is 11.4 Å². The van der Waals surface area contributed by atoms with Crippen LogP contribution in [0, 0.1) is 5.82 Å². The molecular weight excluding hydrogens is 329 g/mol. The zero-order valence-electron chi connectivity index (χ0n) is 14.9. The second-order valence-electron chi connectivity index (χ2n) is 6.11. The number of pyridine rings is 1. The number of nitrogens with one attached hydrogen (secondary N) is 2. The van der Waals surface area contributed by atoms with E-state index in [1.54, 1.807) is 18.3 Å². The van der Waals surface area contributed by atoms with Gasteiger partial charge in [0.15, 0.2) is 0 Å². The summed E-state index contributed by atoms with van der Waals surface area (Å²) in [7, 11) is 0. The van der Waals surface area contributed by atoms with E-state index >= 15 is 0 Å². The van der Waals surface area contributed by atoms with Gasteiger partial charge in [0, 0.05) is 24.8 Å². The van der Waals surface area contributed by atoms with Crippen LogP contribution in [0.1, 0.15) is 25.8 Å². The monoisotopic (exact) mass is 351 g/mol. The van der Waals surface area contributed by atoms with E-state index in [4.69, 9.17) is 0 Å². The van der Waals surface area contributed by atoms with E-state index in [2.05, 4.69) is 39.4 Å². The van der Waals surface area contributed by atoms with Crippen LogP contribution < -0.4 is 10.6 Å². The molecule has 3 rings (SSSR count). The second kappa shape index (κ2) is 8.38. The molecular formula is C20H22FN5. The summed E-state index contributed by atoms with van der Waals surface area (Å²) in [6.45, 7) is 4.73. The van der Waals surface area contributed by atoms with Crippen molar-refractivity contribution in [3.63, 3.8) is 0 Å². The third-order valence-electron chi connectivity index (χ3n) is 4.03. The van der Waals surface area contributed by atoms with E-state index in [1.165, 1.54) is 12.1 Å². The molecule has 134 valence electrons. The zero-order valence-corrected chi connectivity index (χ0v) is 14.9. The summed E-state index contributed by atoms with van der Waals surface area (Å²) in [4.78, 5) is 13.5. The van der Waals surface area contributed by atoms with E-state index < -0.39 is 0 Å². The predicted molar refractivity (Wildman–Crippen MR) is 102 cm³/mol. The lowest BCUT2D eigenvalue weighted by molar-refractivity contribution is 0.627. The van der Waals surface area contributed by atoms with E-state index in [-0.39, 0.29) is 11.9 Å². The van der Waals surface area contributed by atoms with Crippen molar-refractivity contribution in [1.82, 2.24) is 15.0 Å². The minimum atomic E-state index is -0.242. The number of hydrogen-bond donors (Lipinski definition) is 2. The van der Waals surface area contributed by atoms with Crippen LogP contribution in [0.5, 0.6) is 0 Å². The normalized spacial score (nSPS) is 11.8. The molecule has 0 aliphatic rings. The quantitative estimate of drug-likeness (QED) is 0.656. The van der Waals surface area contributed by atoms with Crippen molar-refractivity contribution in [1.29, 1.82) is 0 Å². The fourth-order valence-electron chi connectivity index (χ4n) is 2.37. The fraction of sp³-hybridized carbons (Fsp3) is 0.250. The Hall–Kier alpha value is -3.02. The maximum atomic E-state index is 13.0. The number of rotatable bonds is 7. The molecule has 1 atom stereocenters. The first kappa shape index (κ1) is 17.8. The van der Waals surface area contributed by atoms with Gasteiger partial charge in [0.05, 0.1) is 11.4 Å². The summed E-state index contributed by atoms with van der Waals surface area (Å²) in [5.41, 5.74) is 2.50. The molecule has 6 heteroatoms. The van der Waals surface area contributed by atoms with Crippen molar-refractivity contribution in [2.24, 2.45) is 0 Å². The molecule has 0 radical (unpaired) electrons. The number of anilines is 2. The van der Waals surface area contributed by atoms with Gasteiger partial charge in [0.1, 0.15) is 11.6 Å². The van der Waals surface area contributed by atoms with Crippen LogP contribution in [0.15, 0.2) is 54.7 Å². The minimum absolute atomic E-state index is 0.242. The van der Waals surface area contributed by atoms with Gasteiger partial charge in [0.2, 0.25) is 5.95 Å². The largest absolute Gasteiger partial charge is 0.366 e. The maximum Gasteiger partial charge on any atom is 0.225 e. The van der Waals surface area contributed by atoms with Crippen LogP contribution in [0.4, 0.5) is 16.2 Å². The lowest BCUT2D eigenvalue weighted by Gasteiger charge is -2.14.